The van der Waals surface area contributed by atoms with Crippen LogP contribution in [0.15, 0.2) is 66.1 Å². The van der Waals surface area contributed by atoms with Crippen molar-refractivity contribution in [1.29, 1.82) is 0 Å². The molecule has 2 aromatic carbocycles. The average Bonchev–Trinajstić information content (AvgIpc) is 3.17. The molecule has 2 bridgehead atoms. The standard InChI is InChI=1S/C27H29N3O3/c1-16-21-12-19(26(32)29-24-14-23(30-33-24)17-7-5-4-6-8-17)10-9-18(21)11-20-13-22(16)27(2,3)15-28-25(20)31/h4-12,14,16,22-23,30H,13,15H2,1-3H3,(H,28,31)(H,29,32). The van der Waals surface area contributed by atoms with E-state index in [2.05, 4.69) is 36.9 Å². The third kappa shape index (κ3) is 4.07. The summed E-state index contributed by atoms with van der Waals surface area (Å²) in [5, 5.41) is 5.94. The molecule has 33 heavy (non-hydrogen) atoms. The molecule has 0 spiro atoms. The molecule has 1 aliphatic carbocycles. The Labute approximate surface area is 194 Å². The molecule has 3 N–H and O–H groups in total. The second-order valence-corrected chi connectivity index (χ2v) is 9.88. The maximum atomic E-state index is 13.0. The highest BCUT2D eigenvalue weighted by Gasteiger charge is 2.40. The van der Waals surface area contributed by atoms with Gasteiger partial charge in [0.15, 0.2) is 0 Å². The van der Waals surface area contributed by atoms with Crippen molar-refractivity contribution in [2.24, 2.45) is 11.3 Å². The van der Waals surface area contributed by atoms with Crippen LogP contribution in [-0.4, -0.2) is 18.4 Å². The van der Waals surface area contributed by atoms with E-state index in [1.54, 1.807) is 0 Å². The van der Waals surface area contributed by atoms with Gasteiger partial charge < -0.3 is 10.2 Å². The molecule has 0 radical (unpaired) electrons. The molecule has 5 rings (SSSR count). The minimum absolute atomic E-state index is 0.0123. The molecule has 1 saturated heterocycles. The molecule has 2 aliphatic heterocycles. The first-order valence-electron chi connectivity index (χ1n) is 11.4. The molecule has 0 aromatic heterocycles. The van der Waals surface area contributed by atoms with Crippen LogP contribution in [-0.2, 0) is 9.63 Å². The van der Waals surface area contributed by atoms with E-state index in [0.717, 1.165) is 28.7 Å². The number of benzene rings is 2. The molecule has 2 heterocycles. The van der Waals surface area contributed by atoms with Crippen LogP contribution in [0.3, 0.4) is 0 Å². The maximum absolute atomic E-state index is 13.0. The molecule has 2 amide bonds. The predicted octanol–water partition coefficient (Wildman–Crippen LogP) is 4.20. The second-order valence-electron chi connectivity index (χ2n) is 9.88. The monoisotopic (exact) mass is 443 g/mol. The maximum Gasteiger partial charge on any atom is 0.258 e. The zero-order valence-corrected chi connectivity index (χ0v) is 19.1. The van der Waals surface area contributed by atoms with Crippen molar-refractivity contribution in [3.63, 3.8) is 0 Å². The topological polar surface area (TPSA) is 79.5 Å². The van der Waals surface area contributed by atoms with Gasteiger partial charge in [0.1, 0.15) is 0 Å². The Kier molecular flexibility index (Phi) is 5.33. The van der Waals surface area contributed by atoms with Crippen molar-refractivity contribution in [2.75, 3.05) is 6.54 Å². The summed E-state index contributed by atoms with van der Waals surface area (Å²) in [5.41, 5.74) is 7.44. The minimum atomic E-state index is -0.221. The lowest BCUT2D eigenvalue weighted by molar-refractivity contribution is -0.117. The van der Waals surface area contributed by atoms with Crippen LogP contribution in [0.5, 0.6) is 0 Å². The molecular weight excluding hydrogens is 414 g/mol. The Morgan fingerprint density at radius 1 is 1.15 bits per heavy atom. The highest BCUT2D eigenvalue weighted by atomic mass is 16.7. The van der Waals surface area contributed by atoms with Crippen LogP contribution in [0.2, 0.25) is 0 Å². The van der Waals surface area contributed by atoms with E-state index < -0.39 is 0 Å². The summed E-state index contributed by atoms with van der Waals surface area (Å²) >= 11 is 0. The smallest absolute Gasteiger partial charge is 0.258 e. The first-order valence-corrected chi connectivity index (χ1v) is 11.4. The Morgan fingerprint density at radius 2 is 1.94 bits per heavy atom. The van der Waals surface area contributed by atoms with Gasteiger partial charge in [-0.2, -0.15) is 0 Å². The summed E-state index contributed by atoms with van der Waals surface area (Å²) in [4.78, 5) is 31.2. The molecule has 3 atom stereocenters. The van der Waals surface area contributed by atoms with Gasteiger partial charge in [0.2, 0.25) is 11.8 Å². The largest absolute Gasteiger partial charge is 0.390 e. The van der Waals surface area contributed by atoms with Crippen molar-refractivity contribution in [3.05, 3.63) is 88.3 Å². The number of carbonyl (C=O) groups excluding carboxylic acids is 2. The summed E-state index contributed by atoms with van der Waals surface area (Å²) in [5.74, 6) is 0.678. The van der Waals surface area contributed by atoms with E-state index in [1.165, 1.54) is 0 Å². The van der Waals surface area contributed by atoms with E-state index in [0.29, 0.717) is 23.9 Å². The summed E-state index contributed by atoms with van der Waals surface area (Å²) in [6, 6.07) is 15.5. The van der Waals surface area contributed by atoms with Crippen LogP contribution in [0.1, 0.15) is 66.2 Å². The molecular formula is C27H29N3O3. The summed E-state index contributed by atoms with van der Waals surface area (Å²) in [6.07, 6.45) is 4.59. The summed E-state index contributed by atoms with van der Waals surface area (Å²) in [7, 11) is 0. The molecule has 170 valence electrons. The first-order chi connectivity index (χ1) is 15.8. The van der Waals surface area contributed by atoms with Crippen molar-refractivity contribution in [2.45, 2.75) is 39.2 Å². The van der Waals surface area contributed by atoms with Crippen molar-refractivity contribution >= 4 is 17.9 Å². The quantitative estimate of drug-likeness (QED) is 0.664. The second kappa shape index (κ2) is 8.19. The summed E-state index contributed by atoms with van der Waals surface area (Å²) in [6.45, 7) is 7.27. The Bertz CT molecular complexity index is 1170. The first kappa shape index (κ1) is 21.5. The third-order valence-electron chi connectivity index (χ3n) is 7.22. The zero-order chi connectivity index (χ0) is 23.2. The van der Waals surface area contributed by atoms with E-state index in [1.807, 2.05) is 60.7 Å². The van der Waals surface area contributed by atoms with Crippen molar-refractivity contribution in [1.82, 2.24) is 16.1 Å². The van der Waals surface area contributed by atoms with Gasteiger partial charge >= 0.3 is 0 Å². The van der Waals surface area contributed by atoms with Gasteiger partial charge in [-0.15, -0.1) is 5.48 Å². The van der Waals surface area contributed by atoms with Gasteiger partial charge in [0.05, 0.1) is 6.04 Å². The molecule has 2 aromatic rings. The molecule has 0 saturated carbocycles. The number of nitrogens with one attached hydrogen (secondary N) is 3. The Balaban J connectivity index is 1.41. The molecule has 3 aliphatic rings. The predicted molar refractivity (Wildman–Crippen MR) is 127 cm³/mol. The zero-order valence-electron chi connectivity index (χ0n) is 19.1. The Hall–Kier alpha value is -3.38. The lowest BCUT2D eigenvalue weighted by atomic mass is 9.69. The van der Waals surface area contributed by atoms with E-state index in [4.69, 9.17) is 4.84 Å². The van der Waals surface area contributed by atoms with Crippen LogP contribution in [0, 0.1) is 11.3 Å². The van der Waals surface area contributed by atoms with E-state index in [9.17, 15) is 9.59 Å². The lowest BCUT2D eigenvalue weighted by Gasteiger charge is -2.36. The normalized spacial score (nSPS) is 25.4. The molecule has 3 unspecified atom stereocenters. The fourth-order valence-electron chi connectivity index (χ4n) is 5.21. The van der Waals surface area contributed by atoms with Crippen molar-refractivity contribution in [3.8, 4) is 0 Å². The van der Waals surface area contributed by atoms with Gasteiger partial charge in [-0.05, 0) is 58.6 Å². The van der Waals surface area contributed by atoms with Gasteiger partial charge in [-0.3, -0.25) is 14.9 Å². The van der Waals surface area contributed by atoms with Gasteiger partial charge in [-0.1, -0.05) is 57.2 Å². The van der Waals surface area contributed by atoms with Gasteiger partial charge in [0, 0.05) is 23.8 Å². The van der Waals surface area contributed by atoms with Crippen LogP contribution in [0.25, 0.3) is 6.08 Å². The highest BCUT2D eigenvalue weighted by molar-refractivity contribution is 5.99. The number of fused-ring (bicyclic) bond motifs is 3. The molecule has 1 fully saturated rings. The number of rotatable bonds is 3. The molecule has 6 nitrogen and oxygen atoms in total. The highest BCUT2D eigenvalue weighted by Crippen LogP contribution is 2.46. The molecule has 6 heteroatoms. The third-order valence-corrected chi connectivity index (χ3v) is 7.22. The number of hydrogen-bond donors (Lipinski definition) is 3. The van der Waals surface area contributed by atoms with Crippen LogP contribution < -0.4 is 16.1 Å². The number of carbonyl (C=O) groups is 2. The fourth-order valence-corrected chi connectivity index (χ4v) is 5.21. The van der Waals surface area contributed by atoms with Gasteiger partial charge in [0.25, 0.3) is 5.91 Å². The number of hydrogen-bond acceptors (Lipinski definition) is 4. The Morgan fingerprint density at radius 3 is 2.73 bits per heavy atom. The van der Waals surface area contributed by atoms with E-state index in [-0.39, 0.29) is 29.2 Å². The lowest BCUT2D eigenvalue weighted by Crippen LogP contribution is -2.36. The van der Waals surface area contributed by atoms with Crippen LogP contribution in [0.4, 0.5) is 0 Å². The number of amides is 2. The van der Waals surface area contributed by atoms with Crippen molar-refractivity contribution < 1.29 is 14.4 Å². The SMILES string of the molecule is CC1c2cc(C(=O)NC3=CC(c4ccccc4)NO3)ccc2C=C2CC1C(C)(C)CNC2=O. The minimum Gasteiger partial charge on any atom is -0.390 e. The summed E-state index contributed by atoms with van der Waals surface area (Å²) < 4.78 is 0. The average molecular weight is 444 g/mol. The fraction of sp³-hybridized carbons (Fsp3) is 0.333. The van der Waals surface area contributed by atoms with Gasteiger partial charge in [-0.25, -0.2) is 0 Å². The van der Waals surface area contributed by atoms with Crippen LogP contribution >= 0.6 is 0 Å². The van der Waals surface area contributed by atoms with E-state index >= 15 is 0 Å². The number of hydroxylamine groups is 1.